The molecule has 1 aliphatic carbocycles. The number of nitrogens with zero attached hydrogens (tertiary/aromatic N) is 1. The Morgan fingerprint density at radius 2 is 1.48 bits per heavy atom. The van der Waals surface area contributed by atoms with E-state index in [1.54, 1.807) is 24.3 Å². The van der Waals surface area contributed by atoms with Gasteiger partial charge in [-0.1, -0.05) is 42.5 Å². The highest BCUT2D eigenvalue weighted by atomic mass is 16.3. The van der Waals surface area contributed by atoms with E-state index in [4.69, 9.17) is 0 Å². The molecule has 2 aliphatic rings. The molecule has 0 unspecified atom stereocenters. The van der Waals surface area contributed by atoms with Crippen LogP contribution in [0.2, 0.25) is 0 Å². The van der Waals surface area contributed by atoms with Gasteiger partial charge in [0.05, 0.1) is 0 Å². The van der Waals surface area contributed by atoms with Gasteiger partial charge in [0.1, 0.15) is 0 Å². The van der Waals surface area contributed by atoms with Gasteiger partial charge in [-0.2, -0.15) is 0 Å². The fraction of sp³-hybridized carbons (Fsp3) is 0.176. The highest BCUT2D eigenvalue weighted by Gasteiger charge is 2.57. The van der Waals surface area contributed by atoms with E-state index in [0.29, 0.717) is 17.7 Å². The Hall–Kier alpha value is -2.46. The summed E-state index contributed by atoms with van der Waals surface area (Å²) >= 11 is 0. The van der Waals surface area contributed by atoms with Crippen molar-refractivity contribution >= 4 is 17.3 Å². The number of hydrogen-bond donors (Lipinski definition) is 1. The van der Waals surface area contributed by atoms with Crippen LogP contribution < -0.4 is 4.90 Å². The molecule has 0 saturated carbocycles. The molecule has 4 heteroatoms. The van der Waals surface area contributed by atoms with Crippen LogP contribution in [0.4, 0.5) is 5.69 Å². The van der Waals surface area contributed by atoms with E-state index in [9.17, 15) is 14.7 Å². The van der Waals surface area contributed by atoms with E-state index in [-0.39, 0.29) is 0 Å². The molecular formula is C17H13NO3. The summed E-state index contributed by atoms with van der Waals surface area (Å²) in [4.78, 5) is 26.8. The smallest absolute Gasteiger partial charge is 0.268 e. The molecular weight excluding hydrogens is 266 g/mol. The SMILES string of the molecule is O=C1c2ccccc2C(=O)C1(O)N1CCc2ccccc21. The number of ketones is 2. The lowest BCUT2D eigenvalue weighted by molar-refractivity contribution is 0.0327. The van der Waals surface area contributed by atoms with Crippen molar-refractivity contribution in [3.05, 3.63) is 65.2 Å². The van der Waals surface area contributed by atoms with Crippen molar-refractivity contribution in [1.29, 1.82) is 0 Å². The average molecular weight is 279 g/mol. The standard InChI is InChI=1S/C17H13NO3/c19-15-12-6-2-3-7-13(12)16(20)17(15,21)18-10-9-11-5-1-4-8-14(11)18/h1-8,21H,9-10H2. The molecule has 4 nitrogen and oxygen atoms in total. The van der Waals surface area contributed by atoms with Crippen molar-refractivity contribution in [3.63, 3.8) is 0 Å². The third-order valence-corrected chi connectivity index (χ3v) is 4.33. The number of aliphatic hydroxyl groups is 1. The second-order valence-corrected chi connectivity index (χ2v) is 5.41. The highest BCUT2D eigenvalue weighted by molar-refractivity contribution is 6.33. The lowest BCUT2D eigenvalue weighted by Crippen LogP contribution is -2.56. The fourth-order valence-electron chi connectivity index (χ4n) is 3.28. The number of carbonyl (C=O) groups is 2. The van der Waals surface area contributed by atoms with Crippen LogP contribution in [0.15, 0.2) is 48.5 Å². The highest BCUT2D eigenvalue weighted by Crippen LogP contribution is 2.39. The van der Waals surface area contributed by atoms with Crippen LogP contribution in [0.25, 0.3) is 0 Å². The minimum Gasteiger partial charge on any atom is -0.358 e. The number of fused-ring (bicyclic) bond motifs is 2. The number of para-hydroxylation sites is 1. The van der Waals surface area contributed by atoms with Gasteiger partial charge in [0.2, 0.25) is 11.6 Å². The number of carbonyl (C=O) groups excluding carboxylic acids is 2. The predicted molar refractivity (Wildman–Crippen MR) is 77.5 cm³/mol. The summed E-state index contributed by atoms with van der Waals surface area (Å²) in [6.45, 7) is 0.460. The van der Waals surface area contributed by atoms with Crippen LogP contribution >= 0.6 is 0 Å². The van der Waals surface area contributed by atoms with Crippen molar-refractivity contribution in [1.82, 2.24) is 0 Å². The zero-order valence-electron chi connectivity index (χ0n) is 11.2. The monoisotopic (exact) mass is 279 g/mol. The second-order valence-electron chi connectivity index (χ2n) is 5.41. The molecule has 1 N–H and O–H groups in total. The van der Waals surface area contributed by atoms with Crippen molar-refractivity contribution in [3.8, 4) is 0 Å². The van der Waals surface area contributed by atoms with Crippen molar-refractivity contribution in [2.24, 2.45) is 0 Å². The van der Waals surface area contributed by atoms with Crippen molar-refractivity contribution in [2.75, 3.05) is 11.4 Å². The van der Waals surface area contributed by atoms with Crippen LogP contribution in [0.5, 0.6) is 0 Å². The lowest BCUT2D eigenvalue weighted by atomic mass is 10.1. The molecule has 0 atom stereocenters. The van der Waals surface area contributed by atoms with Crippen molar-refractivity contribution < 1.29 is 14.7 Å². The third kappa shape index (κ3) is 1.42. The van der Waals surface area contributed by atoms with Crippen LogP contribution in [0.1, 0.15) is 26.3 Å². The minimum absolute atomic E-state index is 0.300. The molecule has 1 heterocycles. The van der Waals surface area contributed by atoms with Gasteiger partial charge in [0, 0.05) is 23.4 Å². The van der Waals surface area contributed by atoms with Crippen LogP contribution in [-0.4, -0.2) is 28.9 Å². The molecule has 0 bridgehead atoms. The zero-order valence-corrected chi connectivity index (χ0v) is 11.2. The van der Waals surface area contributed by atoms with E-state index in [0.717, 1.165) is 17.7 Å². The maximum absolute atomic E-state index is 12.6. The topological polar surface area (TPSA) is 57.6 Å². The molecule has 0 amide bonds. The van der Waals surface area contributed by atoms with Crippen molar-refractivity contribution in [2.45, 2.75) is 12.1 Å². The number of rotatable bonds is 1. The quantitative estimate of drug-likeness (QED) is 0.809. The molecule has 0 radical (unpaired) electrons. The summed E-state index contributed by atoms with van der Waals surface area (Å²) < 4.78 is 0. The summed E-state index contributed by atoms with van der Waals surface area (Å²) in [6, 6.07) is 14.1. The van der Waals surface area contributed by atoms with Gasteiger partial charge in [-0.3, -0.25) is 9.59 Å². The molecule has 2 aromatic carbocycles. The summed E-state index contributed by atoms with van der Waals surface area (Å²) in [5, 5.41) is 10.9. The number of anilines is 1. The van der Waals surface area contributed by atoms with Gasteiger partial charge >= 0.3 is 0 Å². The van der Waals surface area contributed by atoms with Gasteiger partial charge in [-0.25, -0.2) is 0 Å². The molecule has 104 valence electrons. The Balaban J connectivity index is 1.87. The molecule has 4 rings (SSSR count). The maximum atomic E-state index is 12.6. The predicted octanol–water partition coefficient (Wildman–Crippen LogP) is 1.82. The van der Waals surface area contributed by atoms with Crippen LogP contribution in [-0.2, 0) is 6.42 Å². The molecule has 0 spiro atoms. The van der Waals surface area contributed by atoms with E-state index >= 15 is 0 Å². The van der Waals surface area contributed by atoms with Gasteiger partial charge in [-0.05, 0) is 18.1 Å². The van der Waals surface area contributed by atoms with Gasteiger partial charge in [0.25, 0.3) is 5.72 Å². The Labute approximate surface area is 121 Å². The normalized spacial score (nSPS) is 18.8. The molecule has 2 aromatic rings. The number of hydrogen-bond acceptors (Lipinski definition) is 4. The lowest BCUT2D eigenvalue weighted by Gasteiger charge is -2.32. The largest absolute Gasteiger partial charge is 0.358 e. The Bertz CT molecular complexity index is 746. The first kappa shape index (κ1) is 12.3. The molecule has 0 aromatic heterocycles. The van der Waals surface area contributed by atoms with E-state index in [1.165, 1.54) is 4.90 Å². The summed E-state index contributed by atoms with van der Waals surface area (Å²) in [7, 11) is 0. The van der Waals surface area contributed by atoms with E-state index in [1.807, 2.05) is 24.3 Å². The number of benzene rings is 2. The first-order valence-electron chi connectivity index (χ1n) is 6.90. The van der Waals surface area contributed by atoms with Crippen LogP contribution in [0.3, 0.4) is 0 Å². The zero-order chi connectivity index (χ0) is 14.6. The average Bonchev–Trinajstić information content (AvgIpc) is 3.04. The fourth-order valence-corrected chi connectivity index (χ4v) is 3.28. The molecule has 1 aliphatic heterocycles. The summed E-state index contributed by atoms with van der Waals surface area (Å²) in [5.74, 6) is -1.06. The second kappa shape index (κ2) is 4.02. The Kier molecular flexibility index (Phi) is 2.35. The van der Waals surface area contributed by atoms with Gasteiger partial charge < -0.3 is 10.0 Å². The van der Waals surface area contributed by atoms with Gasteiger partial charge in [0.15, 0.2) is 0 Å². The summed E-state index contributed by atoms with van der Waals surface area (Å²) in [6.07, 6.45) is 0.718. The van der Waals surface area contributed by atoms with E-state index < -0.39 is 17.3 Å². The Morgan fingerprint density at radius 3 is 2.14 bits per heavy atom. The summed E-state index contributed by atoms with van der Waals surface area (Å²) in [5.41, 5.74) is 0.303. The van der Waals surface area contributed by atoms with E-state index in [2.05, 4.69) is 0 Å². The third-order valence-electron chi connectivity index (χ3n) is 4.33. The van der Waals surface area contributed by atoms with Gasteiger partial charge in [-0.15, -0.1) is 0 Å². The maximum Gasteiger partial charge on any atom is 0.268 e. The van der Waals surface area contributed by atoms with Crippen LogP contribution in [0, 0.1) is 0 Å². The first-order valence-corrected chi connectivity index (χ1v) is 6.90. The molecule has 0 saturated heterocycles. The molecule has 21 heavy (non-hydrogen) atoms. The Morgan fingerprint density at radius 1 is 0.905 bits per heavy atom. The first-order chi connectivity index (χ1) is 10.1. The molecule has 0 fully saturated rings. The minimum atomic E-state index is -2.10. The number of Topliss-reactive ketones (excluding diaryl/α,β-unsaturated/α-hetero) is 2.